The number of likely N-dealkylation sites (N-methyl/N-ethyl adjacent to an activating group) is 1. The van der Waals surface area contributed by atoms with Crippen LogP contribution in [0, 0.1) is 0 Å². The molecule has 3 nitrogen and oxygen atoms in total. The van der Waals surface area contributed by atoms with Gasteiger partial charge in [-0.3, -0.25) is 4.90 Å². The summed E-state index contributed by atoms with van der Waals surface area (Å²) in [5.74, 6) is 0. The summed E-state index contributed by atoms with van der Waals surface area (Å²) in [5.41, 5.74) is 6.29. The van der Waals surface area contributed by atoms with Crippen LogP contribution in [0.15, 0.2) is 17.5 Å². The molecule has 102 valence electrons. The van der Waals surface area contributed by atoms with Crippen molar-refractivity contribution in [2.45, 2.75) is 38.4 Å². The van der Waals surface area contributed by atoms with E-state index in [0.29, 0.717) is 6.04 Å². The molecule has 0 radical (unpaired) electrons. The molecule has 0 spiro atoms. The first-order valence-corrected chi connectivity index (χ1v) is 7.63. The van der Waals surface area contributed by atoms with E-state index < -0.39 is 0 Å². The summed E-state index contributed by atoms with van der Waals surface area (Å²) in [5, 5.41) is 2.16. The highest BCUT2D eigenvalue weighted by atomic mass is 32.1. The van der Waals surface area contributed by atoms with Crippen molar-refractivity contribution in [3.05, 3.63) is 22.4 Å². The molecule has 0 saturated carbocycles. The topological polar surface area (TPSA) is 32.5 Å². The summed E-state index contributed by atoms with van der Waals surface area (Å²) in [7, 11) is 2.20. The molecule has 1 aromatic heterocycles. The van der Waals surface area contributed by atoms with Crippen LogP contribution in [0.2, 0.25) is 0 Å². The molecule has 0 aromatic carbocycles. The minimum absolute atomic E-state index is 0.160. The smallest absolute Gasteiger partial charge is 0.0476 e. The molecule has 0 bridgehead atoms. The van der Waals surface area contributed by atoms with Crippen LogP contribution < -0.4 is 5.73 Å². The van der Waals surface area contributed by atoms with Gasteiger partial charge < -0.3 is 10.6 Å². The Kier molecular flexibility index (Phi) is 4.43. The zero-order chi connectivity index (χ0) is 13.2. The van der Waals surface area contributed by atoms with Crippen molar-refractivity contribution >= 4 is 11.3 Å². The number of hydrogen-bond donors (Lipinski definition) is 1. The van der Waals surface area contributed by atoms with E-state index in [0.717, 1.165) is 26.2 Å². The van der Waals surface area contributed by atoms with Crippen LogP contribution in [0.25, 0.3) is 0 Å². The van der Waals surface area contributed by atoms with Crippen LogP contribution in [-0.4, -0.2) is 48.1 Å². The van der Waals surface area contributed by atoms with Gasteiger partial charge in [0.05, 0.1) is 0 Å². The maximum absolute atomic E-state index is 6.13. The molecular formula is C14H25N3S. The summed E-state index contributed by atoms with van der Waals surface area (Å²) < 4.78 is 0. The Morgan fingerprint density at radius 2 is 2.33 bits per heavy atom. The third-order valence-corrected chi connectivity index (χ3v) is 4.90. The maximum atomic E-state index is 6.13. The van der Waals surface area contributed by atoms with E-state index in [-0.39, 0.29) is 5.54 Å². The van der Waals surface area contributed by atoms with Gasteiger partial charge >= 0.3 is 0 Å². The van der Waals surface area contributed by atoms with E-state index in [4.69, 9.17) is 5.73 Å². The molecule has 1 unspecified atom stereocenters. The fraction of sp³-hybridized carbons (Fsp3) is 0.714. The zero-order valence-corrected chi connectivity index (χ0v) is 12.5. The van der Waals surface area contributed by atoms with Gasteiger partial charge in [0.2, 0.25) is 0 Å². The van der Waals surface area contributed by atoms with E-state index in [1.54, 1.807) is 0 Å². The minimum Gasteiger partial charge on any atom is -0.329 e. The highest BCUT2D eigenvalue weighted by Gasteiger charge is 2.41. The molecule has 1 fully saturated rings. The fourth-order valence-electron chi connectivity index (χ4n) is 3.05. The third kappa shape index (κ3) is 2.77. The Bertz CT molecular complexity index is 363. The molecule has 1 aromatic rings. The minimum atomic E-state index is 0.160. The molecule has 0 aliphatic carbocycles. The first-order valence-electron chi connectivity index (χ1n) is 6.75. The molecule has 0 amide bonds. The van der Waals surface area contributed by atoms with Crippen molar-refractivity contribution in [3.63, 3.8) is 0 Å². The van der Waals surface area contributed by atoms with Crippen molar-refractivity contribution in [2.75, 3.05) is 26.7 Å². The van der Waals surface area contributed by atoms with Crippen LogP contribution in [0.1, 0.15) is 25.1 Å². The van der Waals surface area contributed by atoms with E-state index in [1.807, 2.05) is 11.3 Å². The van der Waals surface area contributed by atoms with Gasteiger partial charge in [-0.1, -0.05) is 6.07 Å². The van der Waals surface area contributed by atoms with Gasteiger partial charge in [-0.2, -0.15) is 0 Å². The number of rotatable bonds is 5. The van der Waals surface area contributed by atoms with Gasteiger partial charge in [-0.25, -0.2) is 0 Å². The molecule has 1 aliphatic heterocycles. The van der Waals surface area contributed by atoms with Crippen molar-refractivity contribution in [3.8, 4) is 0 Å². The summed E-state index contributed by atoms with van der Waals surface area (Å²) in [6.07, 6.45) is 1.18. The van der Waals surface area contributed by atoms with Gasteiger partial charge in [0, 0.05) is 36.1 Å². The summed E-state index contributed by atoms with van der Waals surface area (Å²) in [6, 6.07) is 4.89. The zero-order valence-electron chi connectivity index (χ0n) is 11.7. The van der Waals surface area contributed by atoms with Gasteiger partial charge in [-0.15, -0.1) is 11.3 Å². The van der Waals surface area contributed by atoms with E-state index in [1.165, 1.54) is 11.3 Å². The Morgan fingerprint density at radius 1 is 1.56 bits per heavy atom. The lowest BCUT2D eigenvalue weighted by molar-refractivity contribution is 0.0617. The summed E-state index contributed by atoms with van der Waals surface area (Å²) >= 11 is 1.84. The number of thiophene rings is 1. The van der Waals surface area contributed by atoms with Gasteiger partial charge in [0.15, 0.2) is 0 Å². The van der Waals surface area contributed by atoms with Crippen molar-refractivity contribution in [1.29, 1.82) is 0 Å². The standard InChI is InChI=1S/C14H25N3S/c1-12(2)17(9-13-5-4-8-18-13)14(10-15)6-7-16(3)11-14/h4-5,8,12H,6-7,9-11,15H2,1-3H3. The van der Waals surface area contributed by atoms with Crippen molar-refractivity contribution in [1.82, 2.24) is 9.80 Å². The molecule has 18 heavy (non-hydrogen) atoms. The van der Waals surface area contributed by atoms with Crippen LogP contribution >= 0.6 is 11.3 Å². The lowest BCUT2D eigenvalue weighted by Gasteiger charge is -2.43. The molecule has 2 rings (SSSR count). The van der Waals surface area contributed by atoms with E-state index >= 15 is 0 Å². The van der Waals surface area contributed by atoms with Crippen molar-refractivity contribution < 1.29 is 0 Å². The van der Waals surface area contributed by atoms with Gasteiger partial charge in [-0.05, 0) is 45.3 Å². The molecule has 2 heterocycles. The van der Waals surface area contributed by atoms with Crippen LogP contribution in [0.4, 0.5) is 0 Å². The highest BCUT2D eigenvalue weighted by molar-refractivity contribution is 7.09. The molecule has 1 aliphatic rings. The van der Waals surface area contributed by atoms with Gasteiger partial charge in [0.25, 0.3) is 0 Å². The number of nitrogens with zero attached hydrogens (tertiary/aromatic N) is 2. The molecular weight excluding hydrogens is 242 g/mol. The largest absolute Gasteiger partial charge is 0.329 e. The highest BCUT2D eigenvalue weighted by Crippen LogP contribution is 2.30. The first kappa shape index (κ1) is 14.0. The normalized spacial score (nSPS) is 25.4. The summed E-state index contributed by atoms with van der Waals surface area (Å²) in [6.45, 7) is 8.59. The number of hydrogen-bond acceptors (Lipinski definition) is 4. The summed E-state index contributed by atoms with van der Waals surface area (Å²) in [4.78, 5) is 6.44. The quantitative estimate of drug-likeness (QED) is 0.885. The van der Waals surface area contributed by atoms with Gasteiger partial charge in [0.1, 0.15) is 0 Å². The van der Waals surface area contributed by atoms with Crippen LogP contribution in [0.5, 0.6) is 0 Å². The average molecular weight is 267 g/mol. The Morgan fingerprint density at radius 3 is 2.78 bits per heavy atom. The number of nitrogens with two attached hydrogens (primary N) is 1. The average Bonchev–Trinajstić information content (AvgIpc) is 2.95. The first-order chi connectivity index (χ1) is 8.57. The SMILES string of the molecule is CC(C)N(Cc1cccs1)C1(CN)CCN(C)C1. The Balaban J connectivity index is 2.18. The second-order valence-corrected chi connectivity index (χ2v) is 6.75. The monoisotopic (exact) mass is 267 g/mol. The second-order valence-electron chi connectivity index (χ2n) is 5.72. The lowest BCUT2D eigenvalue weighted by atomic mass is 9.94. The third-order valence-electron chi connectivity index (χ3n) is 4.04. The molecule has 2 N–H and O–H groups in total. The molecule has 4 heteroatoms. The van der Waals surface area contributed by atoms with Crippen molar-refractivity contribution in [2.24, 2.45) is 5.73 Å². The Labute approximate surface area is 115 Å². The second kappa shape index (κ2) is 5.70. The fourth-order valence-corrected chi connectivity index (χ4v) is 3.75. The predicted molar refractivity (Wildman–Crippen MR) is 78.9 cm³/mol. The maximum Gasteiger partial charge on any atom is 0.0476 e. The van der Waals surface area contributed by atoms with E-state index in [9.17, 15) is 0 Å². The Hall–Kier alpha value is -0.420. The van der Waals surface area contributed by atoms with E-state index in [2.05, 4.69) is 48.2 Å². The number of likely N-dealkylation sites (tertiary alicyclic amines) is 1. The van der Waals surface area contributed by atoms with Crippen LogP contribution in [0.3, 0.4) is 0 Å². The predicted octanol–water partition coefficient (Wildman–Crippen LogP) is 1.99. The molecule has 1 saturated heterocycles. The lowest BCUT2D eigenvalue weighted by Crippen LogP contribution is -2.57. The molecule has 1 atom stereocenters. The van der Waals surface area contributed by atoms with Crippen LogP contribution in [-0.2, 0) is 6.54 Å².